The smallest absolute Gasteiger partial charge is 0.255 e. The number of primary amides is 1. The third kappa shape index (κ3) is 3.72. The van der Waals surface area contributed by atoms with E-state index in [1.54, 1.807) is 0 Å². The third-order valence-electron chi connectivity index (χ3n) is 9.43. The molecule has 0 radical (unpaired) electrons. The van der Waals surface area contributed by atoms with Crippen LogP contribution in [0, 0.1) is 11.8 Å². The van der Waals surface area contributed by atoms with Crippen LogP contribution in [-0.2, 0) is 27.3 Å². The summed E-state index contributed by atoms with van der Waals surface area (Å²) in [5, 5.41) is 50.4. The Balaban J connectivity index is 1.54. The summed E-state index contributed by atoms with van der Waals surface area (Å²) in [5.74, 6) is -7.19. The number of phenols is 1. The van der Waals surface area contributed by atoms with Crippen LogP contribution in [0.1, 0.15) is 42.9 Å². The molecule has 41 heavy (non-hydrogen) atoms. The number of aliphatic hydroxyl groups excluding tert-OH is 2. The highest BCUT2D eigenvalue weighted by molar-refractivity contribution is 6.24. The standard InChI is InChI=1S/C30H34N4O7/c1-29(6-7-29)33-11-12-4-5-14-15(8-12)23(35)19-16(22(14)34(2)3)9-13-10-17-21(31)25(37)20(28(32)40)27(39)30(17,41)26(38)18(13)24(19)36/h4-5,8,13,17,21,33,35-36,39,41H,6-7,9-11,31H2,1-3H3,(H2,32,40)/t13-,17-,21-,30-/m0/s1. The normalized spacial score (nSPS) is 28.4. The van der Waals surface area contributed by atoms with E-state index in [-0.39, 0.29) is 35.3 Å². The number of rotatable bonds is 5. The number of nitrogens with two attached hydrogens (primary N) is 2. The van der Waals surface area contributed by atoms with Crippen LogP contribution < -0.4 is 21.7 Å². The number of carbonyl (C=O) groups is 3. The van der Waals surface area contributed by atoms with Gasteiger partial charge in [0, 0.05) is 54.1 Å². The first-order valence-electron chi connectivity index (χ1n) is 13.7. The van der Waals surface area contributed by atoms with E-state index in [1.807, 2.05) is 37.2 Å². The molecule has 4 atom stereocenters. The summed E-state index contributed by atoms with van der Waals surface area (Å²) in [6.07, 6.45) is 2.34. The van der Waals surface area contributed by atoms with E-state index in [0.29, 0.717) is 17.5 Å². The molecule has 216 valence electrons. The van der Waals surface area contributed by atoms with E-state index < -0.39 is 58.0 Å². The van der Waals surface area contributed by atoms with Crippen molar-refractivity contribution in [2.75, 3.05) is 19.0 Å². The first-order valence-corrected chi connectivity index (χ1v) is 13.7. The number of aromatic hydroxyl groups is 1. The highest BCUT2D eigenvalue weighted by Gasteiger charge is 2.63. The lowest BCUT2D eigenvalue weighted by Crippen LogP contribution is -2.65. The number of Topliss-reactive ketones (excluding diaryl/α,β-unsaturated/α-hetero) is 2. The molecule has 0 bridgehead atoms. The number of nitrogens with zero attached hydrogens (tertiary/aromatic N) is 1. The van der Waals surface area contributed by atoms with Gasteiger partial charge in [-0.1, -0.05) is 12.1 Å². The second kappa shape index (κ2) is 8.78. The third-order valence-corrected chi connectivity index (χ3v) is 9.43. The fourth-order valence-corrected chi connectivity index (χ4v) is 6.91. The molecule has 11 nitrogen and oxygen atoms in total. The minimum Gasteiger partial charge on any atom is -0.508 e. The van der Waals surface area contributed by atoms with Crippen molar-refractivity contribution in [1.29, 1.82) is 0 Å². The first-order chi connectivity index (χ1) is 19.2. The Bertz CT molecular complexity index is 1640. The quantitative estimate of drug-likeness (QED) is 0.260. The van der Waals surface area contributed by atoms with Gasteiger partial charge < -0.3 is 42.1 Å². The summed E-state index contributed by atoms with van der Waals surface area (Å²) >= 11 is 0. The number of fused-ring (bicyclic) bond motifs is 4. The van der Waals surface area contributed by atoms with Gasteiger partial charge in [-0.05, 0) is 55.7 Å². The van der Waals surface area contributed by atoms with Crippen molar-refractivity contribution in [2.24, 2.45) is 23.3 Å². The van der Waals surface area contributed by atoms with Gasteiger partial charge in [0.2, 0.25) is 5.78 Å². The minimum absolute atomic E-state index is 0.0425. The maximum atomic E-state index is 13.9. The number of aliphatic hydroxyl groups is 3. The van der Waals surface area contributed by atoms with Gasteiger partial charge >= 0.3 is 0 Å². The Morgan fingerprint density at radius 3 is 2.44 bits per heavy atom. The number of ketones is 2. The van der Waals surface area contributed by atoms with Gasteiger partial charge in [-0.15, -0.1) is 0 Å². The van der Waals surface area contributed by atoms with Gasteiger partial charge in [0.1, 0.15) is 22.8 Å². The average Bonchev–Trinajstić information content (AvgIpc) is 3.65. The first kappa shape index (κ1) is 27.3. The molecular weight excluding hydrogens is 528 g/mol. The van der Waals surface area contributed by atoms with Crippen molar-refractivity contribution in [3.63, 3.8) is 0 Å². The molecule has 9 N–H and O–H groups in total. The van der Waals surface area contributed by atoms with E-state index in [0.717, 1.165) is 29.5 Å². The number of hydrogen-bond donors (Lipinski definition) is 7. The Kier molecular flexibility index (Phi) is 5.84. The van der Waals surface area contributed by atoms with E-state index >= 15 is 0 Å². The van der Waals surface area contributed by atoms with Crippen molar-refractivity contribution in [3.05, 3.63) is 51.8 Å². The highest BCUT2D eigenvalue weighted by atomic mass is 16.3. The molecule has 4 aliphatic carbocycles. The lowest BCUT2D eigenvalue weighted by Gasteiger charge is -2.48. The predicted octanol–water partition coefficient (Wildman–Crippen LogP) is 1.22. The Morgan fingerprint density at radius 2 is 1.83 bits per heavy atom. The number of nitrogens with one attached hydrogen (secondary N) is 1. The second-order valence-corrected chi connectivity index (χ2v) is 12.3. The zero-order valence-electron chi connectivity index (χ0n) is 23.1. The van der Waals surface area contributed by atoms with Crippen LogP contribution >= 0.6 is 0 Å². The van der Waals surface area contributed by atoms with Crippen LogP contribution in [0.25, 0.3) is 16.5 Å². The van der Waals surface area contributed by atoms with Crippen LogP contribution in [0.15, 0.2) is 35.1 Å². The second-order valence-electron chi connectivity index (χ2n) is 12.3. The number of carbonyl (C=O) groups excluding carboxylic acids is 3. The highest BCUT2D eigenvalue weighted by Crippen LogP contribution is 2.54. The van der Waals surface area contributed by atoms with Crippen molar-refractivity contribution in [2.45, 2.75) is 56.3 Å². The molecule has 0 spiro atoms. The van der Waals surface area contributed by atoms with Crippen LogP contribution in [0.2, 0.25) is 0 Å². The number of phenolic OH excluding ortho intramolecular Hbond substituents is 1. The summed E-state index contributed by atoms with van der Waals surface area (Å²) in [4.78, 5) is 40.6. The van der Waals surface area contributed by atoms with Gasteiger partial charge in [-0.25, -0.2) is 0 Å². The van der Waals surface area contributed by atoms with Gasteiger partial charge in [-0.2, -0.15) is 0 Å². The SMILES string of the molecule is CN(C)c1c2c(c(O)c3cc(CNC4(C)CC4)ccc13)C(O)=C1C(=O)[C@]3(O)C(O)=C(C(N)=O)C(=O)[C@@H](N)[C@@H]3C[C@@H]1C2. The Hall–Kier alpha value is -3.93. The molecule has 2 aromatic carbocycles. The molecular formula is C30H34N4O7. The molecule has 0 aliphatic heterocycles. The maximum Gasteiger partial charge on any atom is 0.255 e. The molecule has 4 aliphatic rings. The van der Waals surface area contributed by atoms with Crippen molar-refractivity contribution in [3.8, 4) is 5.75 Å². The molecule has 0 heterocycles. The molecule has 0 aromatic heterocycles. The monoisotopic (exact) mass is 562 g/mol. The molecule has 0 saturated heterocycles. The summed E-state index contributed by atoms with van der Waals surface area (Å²) in [6.45, 7) is 2.75. The van der Waals surface area contributed by atoms with E-state index in [2.05, 4.69) is 12.2 Å². The molecule has 2 saturated carbocycles. The van der Waals surface area contributed by atoms with Crippen molar-refractivity contribution >= 4 is 39.7 Å². The van der Waals surface area contributed by atoms with E-state index in [1.165, 1.54) is 0 Å². The average molecular weight is 563 g/mol. The van der Waals surface area contributed by atoms with Crippen LogP contribution in [0.5, 0.6) is 5.75 Å². The number of benzene rings is 2. The number of amides is 1. The van der Waals surface area contributed by atoms with Crippen LogP contribution in [0.4, 0.5) is 5.69 Å². The van der Waals surface area contributed by atoms with Crippen LogP contribution in [0.3, 0.4) is 0 Å². The van der Waals surface area contributed by atoms with Crippen molar-refractivity contribution in [1.82, 2.24) is 5.32 Å². The van der Waals surface area contributed by atoms with Gasteiger partial charge in [0.15, 0.2) is 11.4 Å². The lowest BCUT2D eigenvalue weighted by molar-refractivity contribution is -0.149. The van der Waals surface area contributed by atoms with Gasteiger partial charge in [0.05, 0.1) is 11.6 Å². The fraction of sp³-hybridized carbons (Fsp3) is 0.433. The van der Waals surface area contributed by atoms with Gasteiger partial charge in [0.25, 0.3) is 5.91 Å². The van der Waals surface area contributed by atoms with E-state index in [9.17, 15) is 34.8 Å². The lowest BCUT2D eigenvalue weighted by atomic mass is 9.57. The van der Waals surface area contributed by atoms with Crippen LogP contribution in [-0.4, -0.2) is 69.2 Å². The summed E-state index contributed by atoms with van der Waals surface area (Å²) in [5.41, 5.74) is 10.0. The zero-order valence-corrected chi connectivity index (χ0v) is 23.1. The molecule has 2 fully saturated rings. The number of hydrogen-bond acceptors (Lipinski definition) is 10. The maximum absolute atomic E-state index is 13.9. The summed E-state index contributed by atoms with van der Waals surface area (Å²) < 4.78 is 0. The topological polar surface area (TPSA) is 199 Å². The van der Waals surface area contributed by atoms with E-state index in [4.69, 9.17) is 11.5 Å². The summed E-state index contributed by atoms with van der Waals surface area (Å²) in [7, 11) is 3.70. The zero-order chi connectivity index (χ0) is 29.8. The number of anilines is 1. The predicted molar refractivity (Wildman–Crippen MR) is 151 cm³/mol. The molecule has 6 rings (SSSR count). The van der Waals surface area contributed by atoms with Crippen molar-refractivity contribution < 1.29 is 34.8 Å². The van der Waals surface area contributed by atoms with Gasteiger partial charge in [-0.3, -0.25) is 14.4 Å². The molecule has 0 unspecified atom stereocenters. The molecule has 1 amide bonds. The largest absolute Gasteiger partial charge is 0.508 e. The fourth-order valence-electron chi connectivity index (χ4n) is 6.91. The molecule has 11 heteroatoms. The molecule has 2 aromatic rings. The summed E-state index contributed by atoms with van der Waals surface area (Å²) in [6, 6.07) is 4.30. The Labute approximate surface area is 236 Å². The minimum atomic E-state index is -2.73. The Morgan fingerprint density at radius 1 is 1.15 bits per heavy atom.